The molecule has 0 aliphatic heterocycles. The summed E-state index contributed by atoms with van der Waals surface area (Å²) in [7, 11) is 0. The maximum absolute atomic E-state index is 10.9. The third kappa shape index (κ3) is 3.57. The van der Waals surface area contributed by atoms with Crippen molar-refractivity contribution < 1.29 is 9.85 Å². The number of hydrogen-bond acceptors (Lipinski definition) is 8. The van der Waals surface area contributed by atoms with Crippen molar-refractivity contribution in [2.75, 3.05) is 5.43 Å². The van der Waals surface area contributed by atoms with Gasteiger partial charge in [-0.25, -0.2) is 4.98 Å². The van der Waals surface area contributed by atoms with Gasteiger partial charge in [0.15, 0.2) is 0 Å². The number of hydrogen-bond donors (Lipinski definition) is 1. The highest BCUT2D eigenvalue weighted by Gasteiger charge is 2.18. The molecule has 0 aliphatic rings. The molecule has 2 aromatic rings. The molecule has 0 amide bonds. The SMILES string of the molecule is Cc1csc(NN=Cc2ccc([N+](=O)[O-])cc2[N+](=O)[O-])n1. The molecule has 10 heteroatoms. The summed E-state index contributed by atoms with van der Waals surface area (Å²) in [5, 5.41) is 27.8. The van der Waals surface area contributed by atoms with Crippen molar-refractivity contribution in [2.45, 2.75) is 6.92 Å². The molecule has 2 rings (SSSR count). The second-order valence-electron chi connectivity index (χ2n) is 3.92. The van der Waals surface area contributed by atoms with Crippen LogP contribution in [0.1, 0.15) is 11.3 Å². The number of anilines is 1. The fraction of sp³-hybridized carbons (Fsp3) is 0.0909. The van der Waals surface area contributed by atoms with Crippen LogP contribution in [-0.4, -0.2) is 21.0 Å². The molecule has 108 valence electrons. The smallest absolute Gasteiger partial charge is 0.258 e. The summed E-state index contributed by atoms with van der Waals surface area (Å²) in [6.07, 6.45) is 1.22. The van der Waals surface area contributed by atoms with Crippen LogP contribution in [0.2, 0.25) is 0 Å². The number of nitrogens with one attached hydrogen (secondary N) is 1. The van der Waals surface area contributed by atoms with Gasteiger partial charge in [0.25, 0.3) is 11.4 Å². The molecule has 1 aromatic heterocycles. The molecule has 0 saturated heterocycles. The minimum Gasteiger partial charge on any atom is -0.258 e. The van der Waals surface area contributed by atoms with E-state index in [4.69, 9.17) is 0 Å². The van der Waals surface area contributed by atoms with E-state index in [-0.39, 0.29) is 16.9 Å². The van der Waals surface area contributed by atoms with E-state index in [9.17, 15) is 20.2 Å². The van der Waals surface area contributed by atoms with E-state index in [1.807, 2.05) is 12.3 Å². The van der Waals surface area contributed by atoms with Crippen LogP contribution in [0.25, 0.3) is 0 Å². The molecule has 0 spiro atoms. The zero-order chi connectivity index (χ0) is 15.4. The highest BCUT2D eigenvalue weighted by atomic mass is 32.1. The molecule has 0 saturated carbocycles. The Balaban J connectivity index is 2.22. The lowest BCUT2D eigenvalue weighted by Crippen LogP contribution is -1.98. The summed E-state index contributed by atoms with van der Waals surface area (Å²) in [5.74, 6) is 0. The van der Waals surface area contributed by atoms with Crippen LogP contribution in [0.15, 0.2) is 28.7 Å². The lowest BCUT2D eigenvalue weighted by atomic mass is 10.2. The van der Waals surface area contributed by atoms with Crippen molar-refractivity contribution in [1.82, 2.24) is 4.98 Å². The first kappa shape index (κ1) is 14.5. The first-order valence-corrected chi connectivity index (χ1v) is 6.49. The molecule has 0 fully saturated rings. The fourth-order valence-corrected chi connectivity index (χ4v) is 2.11. The first-order valence-electron chi connectivity index (χ1n) is 5.61. The van der Waals surface area contributed by atoms with Gasteiger partial charge in [-0.15, -0.1) is 11.3 Å². The van der Waals surface area contributed by atoms with Gasteiger partial charge in [0.1, 0.15) is 0 Å². The Morgan fingerprint density at radius 1 is 1.33 bits per heavy atom. The minimum atomic E-state index is -0.693. The number of benzene rings is 1. The topological polar surface area (TPSA) is 124 Å². The molecule has 1 N–H and O–H groups in total. The van der Waals surface area contributed by atoms with E-state index in [1.54, 1.807) is 0 Å². The van der Waals surface area contributed by atoms with Crippen molar-refractivity contribution >= 4 is 34.1 Å². The maximum Gasteiger partial charge on any atom is 0.285 e. The van der Waals surface area contributed by atoms with Gasteiger partial charge in [0, 0.05) is 11.4 Å². The van der Waals surface area contributed by atoms with Crippen LogP contribution in [-0.2, 0) is 0 Å². The second-order valence-corrected chi connectivity index (χ2v) is 4.78. The third-order valence-corrected chi connectivity index (χ3v) is 3.27. The average Bonchev–Trinajstić information content (AvgIpc) is 2.84. The quantitative estimate of drug-likeness (QED) is 0.514. The van der Waals surface area contributed by atoms with Gasteiger partial charge in [-0.3, -0.25) is 25.7 Å². The molecule has 1 heterocycles. The Labute approximate surface area is 122 Å². The number of aryl methyl sites for hydroxylation is 1. The lowest BCUT2D eigenvalue weighted by molar-refractivity contribution is -0.394. The number of rotatable bonds is 5. The third-order valence-electron chi connectivity index (χ3n) is 2.40. The van der Waals surface area contributed by atoms with Gasteiger partial charge in [-0.1, -0.05) is 0 Å². The summed E-state index contributed by atoms with van der Waals surface area (Å²) in [5.41, 5.74) is 2.90. The van der Waals surface area contributed by atoms with Gasteiger partial charge >= 0.3 is 0 Å². The Hall–Kier alpha value is -2.88. The van der Waals surface area contributed by atoms with Crippen LogP contribution in [0.4, 0.5) is 16.5 Å². The van der Waals surface area contributed by atoms with Crippen LogP contribution in [0.3, 0.4) is 0 Å². The van der Waals surface area contributed by atoms with E-state index in [2.05, 4.69) is 15.5 Å². The summed E-state index contributed by atoms with van der Waals surface area (Å²) >= 11 is 1.34. The first-order chi connectivity index (χ1) is 9.97. The van der Waals surface area contributed by atoms with Gasteiger partial charge in [0.05, 0.1) is 33.4 Å². The predicted molar refractivity (Wildman–Crippen MR) is 77.8 cm³/mol. The van der Waals surface area contributed by atoms with E-state index in [0.717, 1.165) is 11.8 Å². The lowest BCUT2D eigenvalue weighted by Gasteiger charge is -1.98. The second kappa shape index (κ2) is 6.05. The molecular formula is C11H9N5O4S. The number of thiazole rings is 1. The van der Waals surface area contributed by atoms with E-state index in [1.165, 1.54) is 29.7 Å². The van der Waals surface area contributed by atoms with Crippen molar-refractivity contribution in [2.24, 2.45) is 5.10 Å². The Morgan fingerprint density at radius 2 is 2.10 bits per heavy atom. The number of nitro benzene ring substituents is 2. The maximum atomic E-state index is 10.9. The van der Waals surface area contributed by atoms with E-state index < -0.39 is 9.85 Å². The monoisotopic (exact) mass is 307 g/mol. The van der Waals surface area contributed by atoms with E-state index in [0.29, 0.717) is 5.13 Å². The molecule has 21 heavy (non-hydrogen) atoms. The summed E-state index contributed by atoms with van der Waals surface area (Å²) in [4.78, 5) is 24.3. The Bertz CT molecular complexity index is 727. The molecule has 9 nitrogen and oxygen atoms in total. The molecule has 0 unspecified atom stereocenters. The molecule has 0 atom stereocenters. The van der Waals surface area contributed by atoms with Crippen LogP contribution in [0, 0.1) is 27.2 Å². The highest BCUT2D eigenvalue weighted by Crippen LogP contribution is 2.23. The van der Waals surface area contributed by atoms with Crippen molar-refractivity contribution in [1.29, 1.82) is 0 Å². The van der Waals surface area contributed by atoms with Crippen LogP contribution in [0.5, 0.6) is 0 Å². The number of hydrazone groups is 1. The molecular weight excluding hydrogens is 298 g/mol. The predicted octanol–water partition coefficient (Wildman–Crippen LogP) is 2.71. The Kier molecular flexibility index (Phi) is 4.18. The zero-order valence-corrected chi connectivity index (χ0v) is 11.5. The normalized spacial score (nSPS) is 10.7. The molecule has 0 bridgehead atoms. The van der Waals surface area contributed by atoms with Crippen molar-refractivity contribution in [3.8, 4) is 0 Å². The number of nitro groups is 2. The minimum absolute atomic E-state index is 0.159. The molecule has 0 aliphatic carbocycles. The van der Waals surface area contributed by atoms with Crippen LogP contribution < -0.4 is 5.43 Å². The summed E-state index contributed by atoms with van der Waals surface area (Å²) < 4.78 is 0. The number of non-ortho nitro benzene ring substituents is 1. The summed E-state index contributed by atoms with van der Waals surface area (Å²) in [6, 6.07) is 3.35. The standard InChI is InChI=1S/C11H9N5O4S/c1-7-6-21-11(13-7)14-12-5-8-2-3-9(15(17)18)4-10(8)16(19)20/h2-6H,1H3,(H,13,14). The molecule has 0 radical (unpaired) electrons. The molecule has 1 aromatic carbocycles. The van der Waals surface area contributed by atoms with Gasteiger partial charge < -0.3 is 0 Å². The van der Waals surface area contributed by atoms with Gasteiger partial charge in [0.2, 0.25) is 5.13 Å². The van der Waals surface area contributed by atoms with Crippen LogP contribution >= 0.6 is 11.3 Å². The highest BCUT2D eigenvalue weighted by molar-refractivity contribution is 7.13. The van der Waals surface area contributed by atoms with Crippen molar-refractivity contribution in [3.05, 3.63) is 55.1 Å². The fourth-order valence-electron chi connectivity index (χ4n) is 1.48. The average molecular weight is 307 g/mol. The Morgan fingerprint density at radius 3 is 2.67 bits per heavy atom. The number of nitrogens with zero attached hydrogens (tertiary/aromatic N) is 4. The van der Waals surface area contributed by atoms with Gasteiger partial charge in [-0.05, 0) is 13.0 Å². The van der Waals surface area contributed by atoms with Gasteiger partial charge in [-0.2, -0.15) is 5.10 Å². The number of aromatic nitrogens is 1. The largest absolute Gasteiger partial charge is 0.285 e. The van der Waals surface area contributed by atoms with E-state index >= 15 is 0 Å². The zero-order valence-electron chi connectivity index (χ0n) is 10.7. The summed E-state index contributed by atoms with van der Waals surface area (Å²) in [6.45, 7) is 1.83. The van der Waals surface area contributed by atoms with Crippen molar-refractivity contribution in [3.63, 3.8) is 0 Å².